The van der Waals surface area contributed by atoms with Gasteiger partial charge in [0.15, 0.2) is 0 Å². The largest absolute Gasteiger partial charge is 0.494 e. The fraction of sp³-hybridized carbons (Fsp3) is 0.222. The lowest BCUT2D eigenvalue weighted by Gasteiger charge is -2.05. The molecule has 0 fully saturated rings. The fourth-order valence-corrected chi connectivity index (χ4v) is 1.33. The Morgan fingerprint density at radius 3 is 2.93 bits per heavy atom. The number of aliphatic imine (C=N–C) groups is 1. The van der Waals surface area contributed by atoms with Crippen LogP contribution in [0.15, 0.2) is 27.7 Å². The molecule has 1 aromatic carbocycles. The van der Waals surface area contributed by atoms with Crippen molar-refractivity contribution in [2.24, 2.45) is 10.7 Å². The van der Waals surface area contributed by atoms with E-state index in [4.69, 9.17) is 22.1 Å². The van der Waals surface area contributed by atoms with Gasteiger partial charge in [-0.25, -0.2) is 4.99 Å². The van der Waals surface area contributed by atoms with Crippen LogP contribution in [0.1, 0.15) is 0 Å². The predicted molar refractivity (Wildman–Crippen MR) is 62.7 cm³/mol. The molecule has 14 heavy (non-hydrogen) atoms. The third-order valence-electron chi connectivity index (χ3n) is 1.54. The summed E-state index contributed by atoms with van der Waals surface area (Å²) in [5, 5.41) is 0. The van der Waals surface area contributed by atoms with Crippen molar-refractivity contribution in [3.8, 4) is 5.75 Å². The highest BCUT2D eigenvalue weighted by molar-refractivity contribution is 9.10. The molecule has 0 atom stereocenters. The quantitative estimate of drug-likeness (QED) is 0.524. The molecule has 0 radical (unpaired) electrons. The van der Waals surface area contributed by atoms with Crippen LogP contribution in [0.4, 0.5) is 5.69 Å². The highest BCUT2D eigenvalue weighted by Gasteiger charge is 2.02. The molecule has 1 aromatic rings. The van der Waals surface area contributed by atoms with Gasteiger partial charge in [-0.2, -0.15) is 0 Å². The van der Waals surface area contributed by atoms with E-state index in [0.29, 0.717) is 17.3 Å². The minimum absolute atomic E-state index is 0.208. The van der Waals surface area contributed by atoms with Crippen LogP contribution >= 0.6 is 27.5 Å². The zero-order valence-corrected chi connectivity index (χ0v) is 9.97. The van der Waals surface area contributed by atoms with Gasteiger partial charge in [0.1, 0.15) is 17.3 Å². The number of alkyl halides is 1. The third-order valence-corrected chi connectivity index (χ3v) is 2.31. The number of hydrogen-bond acceptors (Lipinski definition) is 2. The van der Waals surface area contributed by atoms with Gasteiger partial charge in [0, 0.05) is 4.47 Å². The second-order valence-electron chi connectivity index (χ2n) is 2.55. The van der Waals surface area contributed by atoms with Crippen molar-refractivity contribution in [3.63, 3.8) is 0 Å². The molecule has 0 amide bonds. The first-order valence-corrected chi connectivity index (χ1v) is 5.22. The monoisotopic (exact) mass is 276 g/mol. The molecule has 0 heterocycles. The van der Waals surface area contributed by atoms with Gasteiger partial charge >= 0.3 is 0 Å². The van der Waals surface area contributed by atoms with Crippen molar-refractivity contribution in [1.82, 2.24) is 0 Å². The number of halogens is 2. The number of amidine groups is 1. The molecule has 0 bridgehead atoms. The summed E-state index contributed by atoms with van der Waals surface area (Å²) in [5.41, 5.74) is 6.19. The minimum atomic E-state index is 0.208. The zero-order chi connectivity index (χ0) is 10.6. The van der Waals surface area contributed by atoms with Crippen LogP contribution in [0.25, 0.3) is 0 Å². The molecule has 0 aromatic heterocycles. The van der Waals surface area contributed by atoms with Gasteiger partial charge in [-0.15, -0.1) is 11.6 Å². The number of nitrogens with zero attached hydrogens (tertiary/aromatic N) is 1. The van der Waals surface area contributed by atoms with E-state index in [0.717, 1.165) is 4.47 Å². The molecule has 0 aliphatic carbocycles. The highest BCUT2D eigenvalue weighted by Crippen LogP contribution is 2.30. The van der Waals surface area contributed by atoms with Crippen LogP contribution in [0.5, 0.6) is 5.75 Å². The van der Waals surface area contributed by atoms with E-state index in [1.807, 2.05) is 18.2 Å². The average molecular weight is 278 g/mol. The molecule has 3 nitrogen and oxygen atoms in total. The fourth-order valence-electron chi connectivity index (χ4n) is 0.928. The number of nitrogens with two attached hydrogens (primary N) is 1. The maximum Gasteiger partial charge on any atom is 0.145 e. The Hall–Kier alpha value is -0.740. The van der Waals surface area contributed by atoms with Crippen molar-refractivity contribution in [2.45, 2.75) is 0 Å². The van der Waals surface area contributed by atoms with Crippen molar-refractivity contribution in [1.29, 1.82) is 0 Å². The van der Waals surface area contributed by atoms with Crippen molar-refractivity contribution < 1.29 is 4.74 Å². The Kier molecular flexibility index (Phi) is 4.22. The van der Waals surface area contributed by atoms with Gasteiger partial charge < -0.3 is 10.5 Å². The van der Waals surface area contributed by atoms with Crippen molar-refractivity contribution in [3.05, 3.63) is 22.7 Å². The lowest BCUT2D eigenvalue weighted by atomic mass is 10.3. The zero-order valence-electron chi connectivity index (χ0n) is 7.63. The maximum atomic E-state index is 5.52. The van der Waals surface area contributed by atoms with Gasteiger partial charge in [0.25, 0.3) is 0 Å². The van der Waals surface area contributed by atoms with Crippen LogP contribution in [-0.2, 0) is 0 Å². The minimum Gasteiger partial charge on any atom is -0.494 e. The molecule has 5 heteroatoms. The molecule has 1 rings (SSSR count). The average Bonchev–Trinajstić information content (AvgIpc) is 2.20. The summed E-state index contributed by atoms with van der Waals surface area (Å²) < 4.78 is 6.06. The first-order chi connectivity index (χ1) is 6.67. The van der Waals surface area contributed by atoms with Gasteiger partial charge in [-0.3, -0.25) is 0 Å². The van der Waals surface area contributed by atoms with Crippen LogP contribution < -0.4 is 10.5 Å². The van der Waals surface area contributed by atoms with Gasteiger partial charge in [-0.05, 0) is 18.2 Å². The third kappa shape index (κ3) is 2.89. The maximum absolute atomic E-state index is 5.52. The summed E-state index contributed by atoms with van der Waals surface area (Å²) in [6, 6.07) is 5.49. The first-order valence-electron chi connectivity index (χ1n) is 3.90. The van der Waals surface area contributed by atoms with Crippen LogP contribution in [0, 0.1) is 0 Å². The van der Waals surface area contributed by atoms with E-state index in [2.05, 4.69) is 20.9 Å². The van der Waals surface area contributed by atoms with E-state index in [-0.39, 0.29) is 5.88 Å². The normalized spacial score (nSPS) is 11.5. The van der Waals surface area contributed by atoms with Crippen molar-refractivity contribution in [2.75, 3.05) is 13.0 Å². The second kappa shape index (κ2) is 5.22. The second-order valence-corrected chi connectivity index (χ2v) is 3.74. The predicted octanol–water partition coefficient (Wildman–Crippen LogP) is 2.69. The van der Waals surface area contributed by atoms with Crippen LogP contribution in [0.3, 0.4) is 0 Å². The standard InChI is InChI=1S/C9H10BrClN2O/c1-14-8-4-6(10)2-3-7(8)13-9(12)5-11/h2-4H,5H2,1H3,(H2,12,13). The van der Waals surface area contributed by atoms with E-state index in [1.54, 1.807) is 7.11 Å². The van der Waals surface area contributed by atoms with Gasteiger partial charge in [0.05, 0.1) is 13.0 Å². The lowest BCUT2D eigenvalue weighted by Crippen LogP contribution is -2.12. The number of methoxy groups -OCH3 is 1. The molecule has 76 valence electrons. The Morgan fingerprint density at radius 2 is 2.36 bits per heavy atom. The van der Waals surface area contributed by atoms with Gasteiger partial charge in [0.2, 0.25) is 0 Å². The highest BCUT2D eigenvalue weighted by atomic mass is 79.9. The van der Waals surface area contributed by atoms with Gasteiger partial charge in [-0.1, -0.05) is 15.9 Å². The molecule has 0 saturated carbocycles. The Bertz CT molecular complexity index is 355. The topological polar surface area (TPSA) is 47.6 Å². The molecule has 0 unspecified atom stereocenters. The Morgan fingerprint density at radius 1 is 1.64 bits per heavy atom. The number of benzene rings is 1. The van der Waals surface area contributed by atoms with Crippen LogP contribution in [0.2, 0.25) is 0 Å². The smallest absolute Gasteiger partial charge is 0.145 e. The summed E-state index contributed by atoms with van der Waals surface area (Å²) >= 11 is 8.86. The SMILES string of the molecule is COc1cc(Br)ccc1N=C(N)CCl. The van der Waals surface area contributed by atoms with E-state index in [1.165, 1.54) is 0 Å². The Labute approximate surface area is 96.0 Å². The molecular formula is C9H10BrClN2O. The molecule has 2 N–H and O–H groups in total. The van der Waals surface area contributed by atoms with E-state index in [9.17, 15) is 0 Å². The molecular weight excluding hydrogens is 267 g/mol. The molecule has 0 spiro atoms. The summed E-state index contributed by atoms with van der Waals surface area (Å²) in [6.07, 6.45) is 0. The lowest BCUT2D eigenvalue weighted by molar-refractivity contribution is 0.416. The summed E-state index contributed by atoms with van der Waals surface area (Å²) in [6.45, 7) is 0. The van der Waals surface area contributed by atoms with E-state index >= 15 is 0 Å². The van der Waals surface area contributed by atoms with E-state index < -0.39 is 0 Å². The van der Waals surface area contributed by atoms with Crippen LogP contribution in [-0.4, -0.2) is 18.8 Å². The summed E-state index contributed by atoms with van der Waals surface area (Å²) in [4.78, 5) is 4.11. The number of rotatable bonds is 3. The van der Waals surface area contributed by atoms with Crippen molar-refractivity contribution >= 4 is 39.1 Å². The molecule has 0 aliphatic heterocycles. The number of ether oxygens (including phenoxy) is 1. The Balaban J connectivity index is 3.08. The molecule has 0 saturated heterocycles. The summed E-state index contributed by atoms with van der Waals surface area (Å²) in [7, 11) is 1.58. The molecule has 0 aliphatic rings. The summed E-state index contributed by atoms with van der Waals surface area (Å²) in [5.74, 6) is 1.24. The number of hydrogen-bond donors (Lipinski definition) is 1. The first kappa shape index (κ1) is 11.3.